The van der Waals surface area contributed by atoms with Crippen LogP contribution in [0.25, 0.3) is 0 Å². The van der Waals surface area contributed by atoms with Gasteiger partial charge in [0.15, 0.2) is 0 Å². The first-order valence-corrected chi connectivity index (χ1v) is 46.6. The van der Waals surface area contributed by atoms with Crippen LogP contribution in [0.15, 0.2) is 0 Å². The fraction of sp³-hybridized carbons (Fsp3) is 0.667. The largest absolute Gasteiger partial charge is 4.00 e. The third-order valence-electron chi connectivity index (χ3n) is 20.5. The number of hydrogen-bond donors (Lipinski definition) is 6. The van der Waals surface area contributed by atoms with Gasteiger partial charge in [0.2, 0.25) is 0 Å². The van der Waals surface area contributed by atoms with Crippen molar-refractivity contribution in [2.24, 2.45) is 0 Å². The first kappa shape index (κ1) is 209. The van der Waals surface area contributed by atoms with Gasteiger partial charge in [0, 0.05) is 149 Å². The minimum Gasteiger partial charge on any atom is 0 e. The molecule has 6 aromatic rings. The van der Waals surface area contributed by atoms with E-state index in [2.05, 4.69) is 509 Å². The van der Waals surface area contributed by atoms with Crippen LogP contribution in [0.4, 0.5) is 0 Å². The molecule has 0 saturated carbocycles. The van der Waals surface area contributed by atoms with Crippen molar-refractivity contribution in [3.63, 3.8) is 0 Å². The van der Waals surface area contributed by atoms with Gasteiger partial charge in [-0.05, 0) is 25.7 Å². The van der Waals surface area contributed by atoms with Crippen molar-refractivity contribution in [1.82, 2.24) is 59.8 Å². The van der Waals surface area contributed by atoms with Gasteiger partial charge in [-0.25, -0.2) is 29.9 Å². The fourth-order valence-electron chi connectivity index (χ4n) is 11.4. The minimum atomic E-state index is 0. The van der Waals surface area contributed by atoms with Crippen LogP contribution in [-0.2, 0) is 273 Å². The second-order valence-corrected chi connectivity index (χ2v) is 48.3. The minimum absolute atomic E-state index is 0. The van der Waals surface area contributed by atoms with E-state index in [4.69, 9.17) is 97.0 Å². The molecule has 0 saturated heterocycles. The summed E-state index contributed by atoms with van der Waals surface area (Å²) in [5, 5.41) is 0. The molecule has 6 heterocycles. The van der Waals surface area contributed by atoms with E-state index in [1.54, 1.807) is 0 Å². The number of aromatic amines is 6. The van der Waals surface area contributed by atoms with Crippen molar-refractivity contribution in [3.8, 4) is 0 Å². The Kier molecular flexibility index (Phi) is 131. The second kappa shape index (κ2) is 91.8. The van der Waals surface area contributed by atoms with E-state index in [1.165, 1.54) is 68.3 Å². The van der Waals surface area contributed by atoms with Crippen LogP contribution in [0.5, 0.6) is 0 Å². The summed E-state index contributed by atoms with van der Waals surface area (Å²) in [7, 11) is 4.57. The predicted molar refractivity (Wildman–Crippen MR) is 605 cm³/mol. The topological polar surface area (TPSA) is 411 Å². The Morgan fingerprint density at radius 1 is 0.184 bits per heavy atom. The molecule has 2 radical (unpaired) electrons. The molecular formula is C114H208ClCo2MnMoN12O14Ru2-4. The molecular weight excluding hydrogens is 2270 g/mol. The number of H-pyrrole nitrogens is 6. The van der Waals surface area contributed by atoms with Crippen LogP contribution >= 0.6 is 9.69 Å². The SMILES string of the molecule is CC(C)(C)c1nc(C(C)(C)C)c(C(C)(C)C)[nH]1.CC(C)(C)c1nc(C(C)(C)C)c(C(C)(C)C)[nH]1.CC(C)(C)c1nc(C(C)(C)C)c(C(C)(C)C)[nH]1.CC(C)(C)c1nc(C(C)(C)C)c(C(C)(C)C)[nH]1.CCC(C)(C)c1nc(C(C)(C)C)[nH]c1C(C)(C)CC.CCC(C)(C)c1nc(C(C)(C)C)[nH]c1C(C)(C)CC.[CH-]=O.[CH-]=O.[CH-]=O.[CH-]=O.[CH-]=O.[CH-]=O.[CH-]=O.[CH-]=O.[CH-]=O.[CH-]=O.[CH-]=O.[CH-]=O.[CH-]=O.[CH-]=O.[CH3-].[CH3-].[CH3-].[CH3-].[CH3-].[CH3-].[Cl][Ru+3].[Co+3].[Co+3].[Mn].[Mo+4].[Ru+3]. The zero-order valence-electron chi connectivity index (χ0n) is 103. The third-order valence-corrected chi connectivity index (χ3v) is 20.5. The Hall–Kier alpha value is -5.60. The molecule has 0 amide bonds. The summed E-state index contributed by atoms with van der Waals surface area (Å²) < 4.78 is 0. The molecule has 0 aliphatic heterocycles. The summed E-state index contributed by atoms with van der Waals surface area (Å²) in [5.41, 5.74) is 16.8. The summed E-state index contributed by atoms with van der Waals surface area (Å²) in [6.45, 7) is 166. The van der Waals surface area contributed by atoms with Gasteiger partial charge in [-0.2, -0.15) is 0 Å². The molecule has 0 fully saturated rings. The van der Waals surface area contributed by atoms with E-state index in [-0.39, 0.29) is 233 Å². The zero-order chi connectivity index (χ0) is 115. The summed E-state index contributed by atoms with van der Waals surface area (Å²) in [5.74, 6) is 6.58. The zero-order valence-corrected chi connectivity index (χ0v) is 112. The Labute approximate surface area is 976 Å². The van der Waals surface area contributed by atoms with Crippen molar-refractivity contribution in [3.05, 3.63) is 148 Å². The van der Waals surface area contributed by atoms with Crippen molar-refractivity contribution >= 4 is 105 Å². The summed E-state index contributed by atoms with van der Waals surface area (Å²) in [6.07, 6.45) is 4.44. The van der Waals surface area contributed by atoms with Crippen LogP contribution in [0, 0.1) is 44.6 Å². The van der Waals surface area contributed by atoms with Gasteiger partial charge in [0.25, 0.3) is 0 Å². The maximum absolute atomic E-state index is 7.75. The van der Waals surface area contributed by atoms with Crippen molar-refractivity contribution in [2.45, 2.75) is 497 Å². The average molecular weight is 2480 g/mol. The van der Waals surface area contributed by atoms with E-state index in [1.807, 2.05) is 17.3 Å². The van der Waals surface area contributed by atoms with Crippen molar-refractivity contribution in [1.29, 1.82) is 0 Å². The van der Waals surface area contributed by atoms with Crippen LogP contribution in [0.1, 0.15) is 503 Å². The number of carbonyl (C=O) groups excluding carboxylic acids is 14. The molecule has 0 spiro atoms. The molecule has 6 aromatic heterocycles. The van der Waals surface area contributed by atoms with Gasteiger partial charge >= 0.3 is 101 Å². The quantitative estimate of drug-likeness (QED) is 0.0468. The molecule has 147 heavy (non-hydrogen) atoms. The van der Waals surface area contributed by atoms with E-state index in [0.29, 0.717) is 0 Å². The Morgan fingerprint density at radius 2 is 0.272 bits per heavy atom. The van der Waals surface area contributed by atoms with Crippen LogP contribution in [0.3, 0.4) is 0 Å². The second-order valence-electron chi connectivity index (χ2n) is 48.3. The number of aromatic nitrogens is 12. The molecule has 0 atom stereocenters. The number of hydrogen-bond acceptors (Lipinski definition) is 20. The summed E-state index contributed by atoms with van der Waals surface area (Å²) in [6, 6.07) is 0. The molecule has 866 valence electrons. The van der Waals surface area contributed by atoms with Crippen LogP contribution in [0.2, 0.25) is 0 Å². The standard InChI is InChI=1S/2C17H32N2.4C15H28N2.14CHO.6CH3.ClH.2Co.Mn.Mo.2Ru/c2*1-10-16(6,7)12-13(17(8,9)11-2)19-14(18-12)15(3,4)5;4*1-13(2,3)10-11(14(4,5)6)17-12(16-10)15(7,8)9;14*1-2;;;;;;;;;;;;;/h2*10-11H2,1-9H3,(H,18,19);4*1-9H3,(H,16,17);14*1H;6*1H3;1H;;;;;;/q;;;;;;20*-1;;2*+3;;+4;+3;+4/p-1. The monoisotopic (exact) mass is 2480 g/mol. The maximum Gasteiger partial charge on any atom is 4.00 e. The van der Waals surface area contributed by atoms with Gasteiger partial charge < -0.3 is 142 Å². The molecule has 6 rings (SSSR count). The Balaban J connectivity index is -0.0000000466. The molecule has 26 nitrogen and oxygen atoms in total. The molecule has 6 N–H and O–H groups in total. The number of rotatable bonds is 8. The van der Waals surface area contributed by atoms with E-state index >= 15 is 0 Å². The maximum atomic E-state index is 7.75. The molecule has 0 aromatic carbocycles. The van der Waals surface area contributed by atoms with E-state index in [0.717, 1.165) is 60.6 Å². The van der Waals surface area contributed by atoms with Crippen molar-refractivity contribution in [2.75, 3.05) is 0 Å². The Morgan fingerprint density at radius 3 is 0.340 bits per heavy atom. The first-order valence-electron chi connectivity index (χ1n) is 44.4. The van der Waals surface area contributed by atoms with Gasteiger partial charge in [0.1, 0.15) is 34.9 Å². The predicted octanol–water partition coefficient (Wildman–Crippen LogP) is 26.9. The van der Waals surface area contributed by atoms with Gasteiger partial charge in [-0.15, -0.1) is 0 Å². The van der Waals surface area contributed by atoms with Gasteiger partial charge in [0.05, 0.1) is 34.2 Å². The smallest absolute Gasteiger partial charge is 0 e. The first-order chi connectivity index (χ1) is 61.2. The van der Waals surface area contributed by atoms with E-state index < -0.39 is 0 Å². The molecule has 33 heteroatoms. The number of nitrogens with zero attached hydrogens (tertiary/aromatic N) is 6. The fourth-order valence-corrected chi connectivity index (χ4v) is 11.4. The van der Waals surface area contributed by atoms with Crippen molar-refractivity contribution < 1.29 is 176 Å². The number of nitrogens with one attached hydrogen (secondary N) is 6. The summed E-state index contributed by atoms with van der Waals surface area (Å²) >= 11 is 1.82. The number of halogens is 1. The molecule has 0 aliphatic carbocycles. The third kappa shape index (κ3) is 77.4. The normalized spacial score (nSPS) is 10.6. The molecule has 0 bridgehead atoms. The van der Waals surface area contributed by atoms with Gasteiger partial charge in [-0.1, -0.05) is 374 Å². The average Bonchev–Trinajstić information content (AvgIpc) is 1.57. The summed E-state index contributed by atoms with van der Waals surface area (Å²) in [4.78, 5) is 159. The Bertz CT molecular complexity index is 3430. The van der Waals surface area contributed by atoms with Crippen LogP contribution < -0.4 is 0 Å². The number of imidazole rings is 6. The van der Waals surface area contributed by atoms with Gasteiger partial charge in [-0.3, -0.25) is 95.0 Å². The van der Waals surface area contributed by atoms with Crippen LogP contribution in [-0.4, -0.2) is 155 Å². The molecule has 0 aliphatic rings. The molecule has 0 unspecified atom stereocenters. The van der Waals surface area contributed by atoms with E-state index in [9.17, 15) is 0 Å².